The number of rotatable bonds is 4. The van der Waals surface area contributed by atoms with Gasteiger partial charge >= 0.3 is 0 Å². The monoisotopic (exact) mass is 226 g/mol. The van der Waals surface area contributed by atoms with Crippen molar-refractivity contribution in [3.8, 4) is 0 Å². The maximum atomic E-state index is 5.07. The molecule has 0 aliphatic carbocycles. The molecule has 0 radical (unpaired) electrons. The van der Waals surface area contributed by atoms with Gasteiger partial charge in [-0.2, -0.15) is 0 Å². The van der Waals surface area contributed by atoms with Crippen molar-refractivity contribution in [1.82, 2.24) is 0 Å². The van der Waals surface area contributed by atoms with E-state index in [4.69, 9.17) is 4.74 Å². The Morgan fingerprint density at radius 3 is 2.75 bits per heavy atom. The summed E-state index contributed by atoms with van der Waals surface area (Å²) in [6.45, 7) is 6.55. The van der Waals surface area contributed by atoms with Gasteiger partial charge in [0.1, 0.15) is 3.77 Å². The van der Waals surface area contributed by atoms with Crippen molar-refractivity contribution in [2.45, 2.75) is 19.8 Å². The Balaban J connectivity index is 2.82. The molecule has 2 heteroatoms. The number of hydrogen-bond acceptors (Lipinski definition) is 1. The number of ether oxygens (including phenoxy) is 1. The molecule has 0 saturated heterocycles. The molecule has 0 fully saturated rings. The molecule has 0 N–H and O–H groups in total. The molecule has 0 aliphatic rings. The minimum absolute atomic E-state index is 0.788. The normalized spacial score (nSPS) is 8.75. The molecule has 0 aromatic carbocycles. The van der Waals surface area contributed by atoms with Crippen LogP contribution < -0.4 is 0 Å². The van der Waals surface area contributed by atoms with E-state index in [0.717, 1.165) is 16.8 Å². The standard InChI is InChI=1S/C6H11IO/c1-3-4-5-8-6(2)7/h2-5H2,1H3. The van der Waals surface area contributed by atoms with Gasteiger partial charge in [-0.3, -0.25) is 0 Å². The van der Waals surface area contributed by atoms with Gasteiger partial charge in [-0.15, -0.1) is 0 Å². The zero-order chi connectivity index (χ0) is 6.41. The second kappa shape index (κ2) is 5.41. The summed E-state index contributed by atoms with van der Waals surface area (Å²) in [5.41, 5.74) is 0. The lowest BCUT2D eigenvalue weighted by Gasteiger charge is -1.99. The zero-order valence-corrected chi connectivity index (χ0v) is 7.27. The van der Waals surface area contributed by atoms with Crippen LogP contribution in [0.2, 0.25) is 0 Å². The first kappa shape index (κ1) is 8.27. The van der Waals surface area contributed by atoms with Crippen LogP contribution in [0.3, 0.4) is 0 Å². The fourth-order valence-electron chi connectivity index (χ4n) is 0.327. The van der Waals surface area contributed by atoms with E-state index in [1.807, 2.05) is 0 Å². The van der Waals surface area contributed by atoms with Gasteiger partial charge in [-0.25, -0.2) is 0 Å². The van der Waals surface area contributed by atoms with Gasteiger partial charge in [0.15, 0.2) is 0 Å². The molecule has 0 saturated carbocycles. The fourth-order valence-corrected chi connectivity index (χ4v) is 0.547. The number of halogens is 1. The summed E-state index contributed by atoms with van der Waals surface area (Å²) in [5, 5.41) is 0. The topological polar surface area (TPSA) is 9.23 Å². The molecule has 1 nitrogen and oxygen atoms in total. The summed E-state index contributed by atoms with van der Waals surface area (Å²) < 4.78 is 5.86. The van der Waals surface area contributed by atoms with Crippen LogP contribution in [0, 0.1) is 0 Å². The van der Waals surface area contributed by atoms with Crippen LogP contribution in [0.5, 0.6) is 0 Å². The van der Waals surface area contributed by atoms with E-state index in [-0.39, 0.29) is 0 Å². The first-order valence-corrected chi connectivity index (χ1v) is 3.82. The number of hydrogen-bond donors (Lipinski definition) is 0. The Labute approximate surface area is 64.2 Å². The summed E-state index contributed by atoms with van der Waals surface area (Å²) in [6.07, 6.45) is 2.31. The molecule has 48 valence electrons. The Morgan fingerprint density at radius 1 is 1.75 bits per heavy atom. The Bertz CT molecular complexity index is 70.9. The second-order valence-electron chi connectivity index (χ2n) is 1.56. The largest absolute Gasteiger partial charge is 0.488 e. The first-order chi connectivity index (χ1) is 3.77. The van der Waals surface area contributed by atoms with Crippen LogP contribution in [0.25, 0.3) is 0 Å². The van der Waals surface area contributed by atoms with Gasteiger partial charge in [0, 0.05) is 0 Å². The SMILES string of the molecule is C=C(I)OCCCC. The van der Waals surface area contributed by atoms with Crippen molar-refractivity contribution in [2.75, 3.05) is 6.61 Å². The highest BCUT2D eigenvalue weighted by Gasteiger charge is 1.84. The molecule has 0 amide bonds. The van der Waals surface area contributed by atoms with Crippen molar-refractivity contribution < 1.29 is 4.74 Å². The Kier molecular flexibility index (Phi) is 5.59. The molecule has 0 aromatic heterocycles. The van der Waals surface area contributed by atoms with Crippen molar-refractivity contribution in [3.63, 3.8) is 0 Å². The van der Waals surface area contributed by atoms with Crippen molar-refractivity contribution in [3.05, 3.63) is 10.3 Å². The summed E-state index contributed by atoms with van der Waals surface area (Å²) in [7, 11) is 0. The van der Waals surface area contributed by atoms with E-state index in [1.54, 1.807) is 0 Å². The van der Waals surface area contributed by atoms with E-state index in [0.29, 0.717) is 0 Å². The lowest BCUT2D eigenvalue weighted by Crippen LogP contribution is -1.86. The Morgan fingerprint density at radius 2 is 2.38 bits per heavy atom. The highest BCUT2D eigenvalue weighted by molar-refractivity contribution is 14.1. The van der Waals surface area contributed by atoms with Gasteiger partial charge in [-0.05, 0) is 29.0 Å². The number of unbranched alkanes of at least 4 members (excludes halogenated alkanes) is 1. The van der Waals surface area contributed by atoms with Gasteiger partial charge in [0.05, 0.1) is 6.61 Å². The molecule has 0 aromatic rings. The lowest BCUT2D eigenvalue weighted by atomic mass is 10.4. The van der Waals surface area contributed by atoms with Crippen molar-refractivity contribution in [1.29, 1.82) is 0 Å². The third-order valence-electron chi connectivity index (χ3n) is 0.757. The predicted octanol–water partition coefficient (Wildman–Crippen LogP) is 2.71. The highest BCUT2D eigenvalue weighted by Crippen LogP contribution is 2.03. The second-order valence-corrected chi connectivity index (χ2v) is 2.76. The fraction of sp³-hybridized carbons (Fsp3) is 0.667. The molecule has 8 heavy (non-hydrogen) atoms. The predicted molar refractivity (Wildman–Crippen MR) is 44.0 cm³/mol. The van der Waals surface area contributed by atoms with E-state index < -0.39 is 0 Å². The molecule has 0 atom stereocenters. The quantitative estimate of drug-likeness (QED) is 0.406. The first-order valence-electron chi connectivity index (χ1n) is 2.74. The molecule has 0 bridgehead atoms. The van der Waals surface area contributed by atoms with Crippen LogP contribution in [0.4, 0.5) is 0 Å². The van der Waals surface area contributed by atoms with E-state index in [2.05, 4.69) is 36.1 Å². The van der Waals surface area contributed by atoms with E-state index in [1.165, 1.54) is 6.42 Å². The maximum absolute atomic E-state index is 5.07. The van der Waals surface area contributed by atoms with Crippen LogP contribution in [-0.4, -0.2) is 6.61 Å². The molecule has 0 spiro atoms. The van der Waals surface area contributed by atoms with Crippen molar-refractivity contribution >= 4 is 22.6 Å². The Hall–Kier alpha value is 0.270. The average Bonchev–Trinajstić information content (AvgIpc) is 1.66. The third kappa shape index (κ3) is 6.27. The van der Waals surface area contributed by atoms with Crippen LogP contribution >= 0.6 is 22.6 Å². The summed E-state index contributed by atoms with van der Waals surface area (Å²) in [5.74, 6) is 0. The van der Waals surface area contributed by atoms with Crippen LogP contribution in [0.15, 0.2) is 10.3 Å². The highest BCUT2D eigenvalue weighted by atomic mass is 127. The van der Waals surface area contributed by atoms with Crippen LogP contribution in [-0.2, 0) is 4.74 Å². The minimum atomic E-state index is 0.788. The van der Waals surface area contributed by atoms with E-state index >= 15 is 0 Å². The summed E-state index contributed by atoms with van der Waals surface area (Å²) in [4.78, 5) is 0. The van der Waals surface area contributed by atoms with Gasteiger partial charge in [0.2, 0.25) is 0 Å². The van der Waals surface area contributed by atoms with Gasteiger partial charge in [-0.1, -0.05) is 19.9 Å². The van der Waals surface area contributed by atoms with Gasteiger partial charge < -0.3 is 4.74 Å². The average molecular weight is 226 g/mol. The lowest BCUT2D eigenvalue weighted by molar-refractivity contribution is 0.240. The van der Waals surface area contributed by atoms with Gasteiger partial charge in [0.25, 0.3) is 0 Å². The summed E-state index contributed by atoms with van der Waals surface area (Å²) >= 11 is 2.07. The molecular weight excluding hydrogens is 215 g/mol. The van der Waals surface area contributed by atoms with Crippen LogP contribution in [0.1, 0.15) is 19.8 Å². The maximum Gasteiger partial charge on any atom is 0.149 e. The van der Waals surface area contributed by atoms with E-state index in [9.17, 15) is 0 Å². The third-order valence-corrected chi connectivity index (χ3v) is 1.07. The summed E-state index contributed by atoms with van der Waals surface area (Å²) in [6, 6.07) is 0. The molecular formula is C6H11IO. The zero-order valence-electron chi connectivity index (χ0n) is 5.11. The smallest absolute Gasteiger partial charge is 0.149 e. The molecule has 0 heterocycles. The van der Waals surface area contributed by atoms with Crippen molar-refractivity contribution in [2.24, 2.45) is 0 Å². The minimum Gasteiger partial charge on any atom is -0.488 e. The molecule has 0 unspecified atom stereocenters. The molecule has 0 aliphatic heterocycles. The molecule has 0 rings (SSSR count).